The maximum Gasteiger partial charge on any atom is 0.232 e. The lowest BCUT2D eigenvalue weighted by atomic mass is 10.4. The molecule has 0 saturated heterocycles. The van der Waals surface area contributed by atoms with Crippen molar-refractivity contribution >= 4 is 15.7 Å². The monoisotopic (exact) mass is 203 g/mol. The zero-order valence-electron chi connectivity index (χ0n) is 6.76. The zero-order chi connectivity index (χ0) is 9.90. The second kappa shape index (κ2) is 3.61. The summed E-state index contributed by atoms with van der Waals surface area (Å²) < 4.78 is 27.0. The molecule has 0 bridgehead atoms. The predicted molar refractivity (Wildman–Crippen MR) is 45.4 cm³/mol. The largest absolute Gasteiger partial charge is 0.472 e. The van der Waals surface area contributed by atoms with Gasteiger partial charge in [0.2, 0.25) is 5.91 Å². The quantitative estimate of drug-likeness (QED) is 0.726. The molecule has 0 saturated carbocycles. The van der Waals surface area contributed by atoms with Gasteiger partial charge in [0.1, 0.15) is 5.75 Å². The Morgan fingerprint density at radius 1 is 1.54 bits per heavy atom. The number of sulfone groups is 1. The summed E-state index contributed by atoms with van der Waals surface area (Å²) in [5.41, 5.74) is 5.28. The fourth-order valence-corrected chi connectivity index (χ4v) is 2.10. The lowest BCUT2D eigenvalue weighted by Gasteiger charge is -1.97. The first-order chi connectivity index (χ1) is 5.99. The SMILES string of the molecule is NC(=O)CS(=O)(=O)Cc1ccoc1. The fraction of sp³-hybridized carbons (Fsp3) is 0.286. The first kappa shape index (κ1) is 9.79. The van der Waals surface area contributed by atoms with E-state index in [2.05, 4.69) is 4.42 Å². The molecule has 5 nitrogen and oxygen atoms in total. The van der Waals surface area contributed by atoms with E-state index in [0.29, 0.717) is 5.56 Å². The standard InChI is InChI=1S/C7H9NO4S/c8-7(9)5-13(10,11)4-6-1-2-12-3-6/h1-3H,4-5H2,(H2,8,9). The number of furan rings is 1. The Bertz CT molecular complexity index is 379. The van der Waals surface area contributed by atoms with Crippen molar-refractivity contribution in [3.63, 3.8) is 0 Å². The maximum atomic E-state index is 11.2. The van der Waals surface area contributed by atoms with Crippen LogP contribution in [0.5, 0.6) is 0 Å². The molecule has 0 radical (unpaired) electrons. The van der Waals surface area contributed by atoms with Crippen LogP contribution in [0.1, 0.15) is 5.56 Å². The molecule has 1 amide bonds. The summed E-state index contributed by atoms with van der Waals surface area (Å²) in [5, 5.41) is 0. The molecule has 1 heterocycles. The Morgan fingerprint density at radius 2 is 2.23 bits per heavy atom. The van der Waals surface area contributed by atoms with Crippen molar-refractivity contribution in [1.82, 2.24) is 0 Å². The smallest absolute Gasteiger partial charge is 0.232 e. The van der Waals surface area contributed by atoms with Gasteiger partial charge in [-0.25, -0.2) is 8.42 Å². The molecule has 1 aromatic heterocycles. The van der Waals surface area contributed by atoms with Crippen molar-refractivity contribution < 1.29 is 17.6 Å². The van der Waals surface area contributed by atoms with Crippen LogP contribution in [-0.2, 0) is 20.4 Å². The number of rotatable bonds is 4. The first-order valence-electron chi connectivity index (χ1n) is 3.49. The third-order valence-electron chi connectivity index (χ3n) is 1.33. The Hall–Kier alpha value is -1.30. The summed E-state index contributed by atoms with van der Waals surface area (Å²) in [4.78, 5) is 10.4. The summed E-state index contributed by atoms with van der Waals surface area (Å²) in [5.74, 6) is -1.69. The van der Waals surface area contributed by atoms with E-state index in [-0.39, 0.29) is 5.75 Å². The fourth-order valence-electron chi connectivity index (χ4n) is 0.896. The predicted octanol–water partition coefficient (Wildman–Crippen LogP) is -0.320. The highest BCUT2D eigenvalue weighted by Crippen LogP contribution is 2.06. The van der Waals surface area contributed by atoms with Gasteiger partial charge in [0.15, 0.2) is 9.84 Å². The van der Waals surface area contributed by atoms with Crippen LogP contribution in [-0.4, -0.2) is 20.1 Å². The van der Waals surface area contributed by atoms with Gasteiger partial charge in [0.05, 0.1) is 18.3 Å². The molecule has 0 fully saturated rings. The molecule has 0 aliphatic carbocycles. The van der Waals surface area contributed by atoms with Gasteiger partial charge < -0.3 is 10.2 Å². The molecule has 1 rings (SSSR count). The zero-order valence-corrected chi connectivity index (χ0v) is 7.58. The van der Waals surface area contributed by atoms with Crippen LogP contribution in [0, 0.1) is 0 Å². The number of nitrogens with two attached hydrogens (primary N) is 1. The van der Waals surface area contributed by atoms with Crippen molar-refractivity contribution in [1.29, 1.82) is 0 Å². The van der Waals surface area contributed by atoms with E-state index in [1.165, 1.54) is 18.6 Å². The second-order valence-corrected chi connectivity index (χ2v) is 4.69. The highest BCUT2D eigenvalue weighted by atomic mass is 32.2. The summed E-state index contributed by atoms with van der Waals surface area (Å²) in [6.45, 7) is 0. The Kier molecular flexibility index (Phi) is 2.72. The van der Waals surface area contributed by atoms with E-state index in [0.717, 1.165) is 0 Å². The van der Waals surface area contributed by atoms with Gasteiger partial charge in [-0.1, -0.05) is 0 Å². The van der Waals surface area contributed by atoms with Crippen LogP contribution in [0.15, 0.2) is 23.0 Å². The van der Waals surface area contributed by atoms with E-state index in [4.69, 9.17) is 5.73 Å². The molecule has 72 valence electrons. The maximum absolute atomic E-state index is 11.2. The molecule has 2 N–H and O–H groups in total. The van der Waals surface area contributed by atoms with Crippen LogP contribution in [0.2, 0.25) is 0 Å². The highest BCUT2D eigenvalue weighted by molar-refractivity contribution is 7.91. The average Bonchev–Trinajstić information content (AvgIpc) is 2.34. The Labute approximate surface area is 75.4 Å². The van der Waals surface area contributed by atoms with E-state index >= 15 is 0 Å². The van der Waals surface area contributed by atoms with Crippen molar-refractivity contribution in [3.8, 4) is 0 Å². The van der Waals surface area contributed by atoms with E-state index in [9.17, 15) is 13.2 Å². The lowest BCUT2D eigenvalue weighted by molar-refractivity contribution is -0.115. The third kappa shape index (κ3) is 3.29. The molecule has 0 aliphatic rings. The van der Waals surface area contributed by atoms with Crippen LogP contribution in [0.4, 0.5) is 0 Å². The molecule has 6 heteroatoms. The van der Waals surface area contributed by atoms with E-state index in [1.807, 2.05) is 0 Å². The summed E-state index contributed by atoms with van der Waals surface area (Å²) in [6, 6.07) is 1.53. The minimum Gasteiger partial charge on any atom is -0.472 e. The molecular weight excluding hydrogens is 194 g/mol. The molecule has 0 atom stereocenters. The first-order valence-corrected chi connectivity index (χ1v) is 5.31. The number of hydrogen-bond donors (Lipinski definition) is 1. The molecule has 0 spiro atoms. The van der Waals surface area contributed by atoms with Crippen LogP contribution in [0.25, 0.3) is 0 Å². The number of carbonyl (C=O) groups excluding carboxylic acids is 1. The highest BCUT2D eigenvalue weighted by Gasteiger charge is 2.15. The van der Waals surface area contributed by atoms with Gasteiger partial charge >= 0.3 is 0 Å². The second-order valence-electron chi connectivity index (χ2n) is 2.63. The number of amides is 1. The molecule has 13 heavy (non-hydrogen) atoms. The minimum absolute atomic E-state index is 0.216. The molecular formula is C7H9NO4S. The topological polar surface area (TPSA) is 90.4 Å². The molecule has 0 aliphatic heterocycles. The van der Waals surface area contributed by atoms with Crippen LogP contribution in [0.3, 0.4) is 0 Å². The van der Waals surface area contributed by atoms with Crippen LogP contribution >= 0.6 is 0 Å². The van der Waals surface area contributed by atoms with Crippen molar-refractivity contribution in [2.75, 3.05) is 5.75 Å². The van der Waals surface area contributed by atoms with Crippen molar-refractivity contribution in [2.24, 2.45) is 5.73 Å². The van der Waals surface area contributed by atoms with Gasteiger partial charge in [-0.15, -0.1) is 0 Å². The number of carbonyl (C=O) groups is 1. The minimum atomic E-state index is -3.44. The number of primary amides is 1. The van der Waals surface area contributed by atoms with Gasteiger partial charge in [0.25, 0.3) is 0 Å². The summed E-state index contributed by atoms with van der Waals surface area (Å²) in [7, 11) is -3.44. The van der Waals surface area contributed by atoms with Crippen molar-refractivity contribution in [3.05, 3.63) is 24.2 Å². The summed E-state index contributed by atoms with van der Waals surface area (Å²) >= 11 is 0. The number of hydrogen-bond acceptors (Lipinski definition) is 4. The van der Waals surface area contributed by atoms with Gasteiger partial charge in [0, 0.05) is 5.56 Å². The average molecular weight is 203 g/mol. The van der Waals surface area contributed by atoms with Crippen LogP contribution < -0.4 is 5.73 Å². The molecule has 0 aromatic carbocycles. The van der Waals surface area contributed by atoms with Gasteiger partial charge in [-0.3, -0.25) is 4.79 Å². The normalized spacial score (nSPS) is 11.4. The van der Waals surface area contributed by atoms with Gasteiger partial charge in [-0.05, 0) is 6.07 Å². The van der Waals surface area contributed by atoms with E-state index in [1.54, 1.807) is 0 Å². The Morgan fingerprint density at radius 3 is 2.69 bits per heavy atom. The molecule has 1 aromatic rings. The van der Waals surface area contributed by atoms with Gasteiger partial charge in [-0.2, -0.15) is 0 Å². The van der Waals surface area contributed by atoms with E-state index < -0.39 is 21.5 Å². The Balaban J connectivity index is 2.68. The molecule has 0 unspecified atom stereocenters. The lowest BCUT2D eigenvalue weighted by Crippen LogP contribution is -2.23. The third-order valence-corrected chi connectivity index (χ3v) is 2.83. The van der Waals surface area contributed by atoms with Crippen molar-refractivity contribution in [2.45, 2.75) is 5.75 Å². The summed E-state index contributed by atoms with van der Waals surface area (Å²) in [6.07, 6.45) is 2.69.